The number of rotatable bonds is 8. The minimum atomic E-state index is -0.288. The number of hydrogen-bond acceptors (Lipinski definition) is 3. The van der Waals surface area contributed by atoms with E-state index in [2.05, 4.69) is 31.3 Å². The molecule has 1 aromatic carbocycles. The Morgan fingerprint density at radius 1 is 1.30 bits per heavy atom. The molecule has 114 valence electrons. The molecule has 3 heteroatoms. The maximum Gasteiger partial charge on any atom is 0.119 e. The third-order valence-electron chi connectivity index (χ3n) is 3.55. The van der Waals surface area contributed by atoms with E-state index in [1.165, 1.54) is 5.56 Å². The Bertz CT molecular complexity index is 406. The number of nitrogens with one attached hydrogen (secondary N) is 1. The van der Waals surface area contributed by atoms with Gasteiger partial charge >= 0.3 is 0 Å². The lowest BCUT2D eigenvalue weighted by Crippen LogP contribution is -2.48. The first-order valence-electron chi connectivity index (χ1n) is 7.52. The second-order valence-electron chi connectivity index (χ2n) is 6.11. The predicted octanol–water partition coefficient (Wildman–Crippen LogP) is 3.33. The van der Waals surface area contributed by atoms with E-state index >= 15 is 0 Å². The Kier molecular flexibility index (Phi) is 6.50. The van der Waals surface area contributed by atoms with Crippen molar-refractivity contribution in [1.82, 2.24) is 5.32 Å². The van der Waals surface area contributed by atoms with Gasteiger partial charge in [-0.1, -0.05) is 32.9 Å². The van der Waals surface area contributed by atoms with Crippen LogP contribution in [0.3, 0.4) is 0 Å². The molecule has 0 heterocycles. The number of ether oxygens (including phenoxy) is 1. The van der Waals surface area contributed by atoms with Gasteiger partial charge in [-0.25, -0.2) is 0 Å². The average Bonchev–Trinajstić information content (AvgIpc) is 2.39. The van der Waals surface area contributed by atoms with Gasteiger partial charge in [-0.2, -0.15) is 0 Å². The molecule has 1 aromatic rings. The van der Waals surface area contributed by atoms with Gasteiger partial charge in [-0.05, 0) is 44.0 Å². The largest absolute Gasteiger partial charge is 0.491 e. The van der Waals surface area contributed by atoms with Crippen LogP contribution < -0.4 is 10.1 Å². The number of aliphatic hydroxyl groups is 1. The monoisotopic (exact) mass is 279 g/mol. The van der Waals surface area contributed by atoms with E-state index in [0.29, 0.717) is 5.92 Å². The normalized spacial score (nSPS) is 15.9. The summed E-state index contributed by atoms with van der Waals surface area (Å²) in [4.78, 5) is 0. The molecule has 3 nitrogen and oxygen atoms in total. The number of aliphatic hydroxyl groups excluding tert-OH is 1. The van der Waals surface area contributed by atoms with Gasteiger partial charge in [0.25, 0.3) is 0 Å². The van der Waals surface area contributed by atoms with Crippen molar-refractivity contribution in [3.63, 3.8) is 0 Å². The SMILES string of the molecule is CCNC(C)(CO)CC(C)Oc1cccc(C(C)C)c1. The van der Waals surface area contributed by atoms with Gasteiger partial charge in [-0.3, -0.25) is 0 Å². The molecule has 0 aliphatic rings. The highest BCUT2D eigenvalue weighted by Crippen LogP contribution is 2.23. The summed E-state index contributed by atoms with van der Waals surface area (Å²) in [7, 11) is 0. The van der Waals surface area contributed by atoms with Crippen LogP contribution in [-0.4, -0.2) is 29.9 Å². The van der Waals surface area contributed by atoms with E-state index < -0.39 is 0 Å². The van der Waals surface area contributed by atoms with Gasteiger partial charge in [0.2, 0.25) is 0 Å². The summed E-state index contributed by atoms with van der Waals surface area (Å²) < 4.78 is 6.00. The fraction of sp³-hybridized carbons (Fsp3) is 0.647. The first kappa shape index (κ1) is 17.0. The van der Waals surface area contributed by atoms with Crippen molar-refractivity contribution in [2.75, 3.05) is 13.2 Å². The first-order chi connectivity index (χ1) is 9.40. The van der Waals surface area contributed by atoms with Crippen molar-refractivity contribution < 1.29 is 9.84 Å². The summed E-state index contributed by atoms with van der Waals surface area (Å²) in [6.07, 6.45) is 0.817. The molecule has 0 aliphatic carbocycles. The smallest absolute Gasteiger partial charge is 0.119 e. The minimum absolute atomic E-state index is 0.0496. The van der Waals surface area contributed by atoms with Crippen LogP contribution in [0, 0.1) is 0 Å². The number of hydrogen-bond donors (Lipinski definition) is 2. The highest BCUT2D eigenvalue weighted by molar-refractivity contribution is 5.30. The molecule has 0 amide bonds. The molecule has 0 saturated carbocycles. The van der Waals surface area contributed by atoms with E-state index in [1.807, 2.05) is 32.9 Å². The van der Waals surface area contributed by atoms with Crippen LogP contribution in [0.5, 0.6) is 5.75 Å². The first-order valence-corrected chi connectivity index (χ1v) is 7.52. The molecular formula is C17H29NO2. The highest BCUT2D eigenvalue weighted by Gasteiger charge is 2.25. The summed E-state index contributed by atoms with van der Waals surface area (Å²) in [5.41, 5.74) is 0.996. The zero-order valence-electron chi connectivity index (χ0n) is 13.4. The van der Waals surface area contributed by atoms with Gasteiger partial charge in [0.05, 0.1) is 12.7 Å². The summed E-state index contributed by atoms with van der Waals surface area (Å²) >= 11 is 0. The van der Waals surface area contributed by atoms with Crippen molar-refractivity contribution in [1.29, 1.82) is 0 Å². The Hall–Kier alpha value is -1.06. The molecule has 1 rings (SSSR count). The Balaban J connectivity index is 2.66. The molecule has 0 aliphatic heterocycles. The molecule has 0 fully saturated rings. The minimum Gasteiger partial charge on any atom is -0.491 e. The van der Waals surface area contributed by atoms with E-state index in [0.717, 1.165) is 18.7 Å². The van der Waals surface area contributed by atoms with Gasteiger partial charge in [0.1, 0.15) is 5.75 Å². The van der Waals surface area contributed by atoms with Crippen LogP contribution in [0.2, 0.25) is 0 Å². The molecule has 20 heavy (non-hydrogen) atoms. The van der Waals surface area contributed by atoms with E-state index in [1.54, 1.807) is 0 Å². The lowest BCUT2D eigenvalue weighted by atomic mass is 9.95. The third-order valence-corrected chi connectivity index (χ3v) is 3.55. The van der Waals surface area contributed by atoms with Crippen LogP contribution in [0.15, 0.2) is 24.3 Å². The lowest BCUT2D eigenvalue weighted by Gasteiger charge is -2.31. The summed E-state index contributed by atoms with van der Waals surface area (Å²) in [6, 6.07) is 8.25. The Morgan fingerprint density at radius 3 is 2.55 bits per heavy atom. The van der Waals surface area contributed by atoms with Crippen molar-refractivity contribution in [3.8, 4) is 5.75 Å². The van der Waals surface area contributed by atoms with Crippen LogP contribution in [0.1, 0.15) is 52.5 Å². The van der Waals surface area contributed by atoms with Crippen molar-refractivity contribution >= 4 is 0 Å². The number of benzene rings is 1. The number of likely N-dealkylation sites (N-methyl/N-ethyl adjacent to an activating group) is 1. The Morgan fingerprint density at radius 2 is 2.00 bits per heavy atom. The van der Waals surface area contributed by atoms with Crippen LogP contribution >= 0.6 is 0 Å². The van der Waals surface area contributed by atoms with Gasteiger partial charge in [-0.15, -0.1) is 0 Å². The molecule has 2 unspecified atom stereocenters. The standard InChI is InChI=1S/C17H29NO2/c1-6-18-17(5,12-19)11-14(4)20-16-9-7-8-15(10-16)13(2)3/h7-10,13-14,18-19H,6,11-12H2,1-5H3. The maximum atomic E-state index is 9.53. The van der Waals surface area contributed by atoms with E-state index in [9.17, 15) is 5.11 Å². The topological polar surface area (TPSA) is 41.5 Å². The third kappa shape index (κ3) is 5.14. The van der Waals surface area contributed by atoms with Crippen LogP contribution in [0.25, 0.3) is 0 Å². The maximum absolute atomic E-state index is 9.53. The van der Waals surface area contributed by atoms with Crippen LogP contribution in [-0.2, 0) is 0 Å². The van der Waals surface area contributed by atoms with Crippen molar-refractivity contribution in [3.05, 3.63) is 29.8 Å². The Labute approximate surface area is 123 Å². The summed E-state index contributed by atoms with van der Waals surface area (Å²) in [6.45, 7) is 11.4. The van der Waals surface area contributed by atoms with Crippen molar-refractivity contribution in [2.45, 2.75) is 58.6 Å². The van der Waals surface area contributed by atoms with Gasteiger partial charge < -0.3 is 15.2 Å². The van der Waals surface area contributed by atoms with Crippen LogP contribution in [0.4, 0.5) is 0 Å². The quantitative estimate of drug-likeness (QED) is 0.767. The zero-order chi connectivity index (χ0) is 15.2. The summed E-state index contributed by atoms with van der Waals surface area (Å²) in [5.74, 6) is 1.40. The average molecular weight is 279 g/mol. The zero-order valence-corrected chi connectivity index (χ0v) is 13.4. The molecular weight excluding hydrogens is 250 g/mol. The van der Waals surface area contributed by atoms with Gasteiger partial charge in [0.15, 0.2) is 0 Å². The molecule has 0 radical (unpaired) electrons. The fourth-order valence-electron chi connectivity index (χ4n) is 2.47. The van der Waals surface area contributed by atoms with Crippen molar-refractivity contribution in [2.24, 2.45) is 0 Å². The molecule has 0 bridgehead atoms. The van der Waals surface area contributed by atoms with E-state index in [-0.39, 0.29) is 18.2 Å². The summed E-state index contributed by atoms with van der Waals surface area (Å²) in [5, 5.41) is 12.9. The van der Waals surface area contributed by atoms with E-state index in [4.69, 9.17) is 4.74 Å². The van der Waals surface area contributed by atoms with Gasteiger partial charge in [0, 0.05) is 12.0 Å². The predicted molar refractivity (Wildman–Crippen MR) is 84.4 cm³/mol. The second kappa shape index (κ2) is 7.65. The fourth-order valence-corrected chi connectivity index (χ4v) is 2.47. The second-order valence-corrected chi connectivity index (χ2v) is 6.11. The molecule has 0 spiro atoms. The molecule has 0 saturated heterocycles. The molecule has 0 aromatic heterocycles. The molecule has 2 N–H and O–H groups in total. The molecule has 2 atom stereocenters. The lowest BCUT2D eigenvalue weighted by molar-refractivity contribution is 0.111. The highest BCUT2D eigenvalue weighted by atomic mass is 16.5.